The minimum absolute atomic E-state index is 0.579. The fraction of sp³-hybridized carbons (Fsp3) is 0. The SMILES string of the molecule is c1ccc(-c2ccc(-c3nc(-c4cccc(-c5ccc(-c6nc7ccccc7c7ccc8c(nc(-c9ccccc9)n8-c8ccccc8)c67)cc5)n4)nc4ccccc34)cc2)cc1. The molecular weight excluding hydrogens is 769 g/mol. The number of rotatable bonds is 7. The van der Waals surface area contributed by atoms with Gasteiger partial charge in [0.05, 0.1) is 39.1 Å². The summed E-state index contributed by atoms with van der Waals surface area (Å²) in [5.41, 5.74) is 14.5. The summed E-state index contributed by atoms with van der Waals surface area (Å²) < 4.78 is 2.26. The molecule has 0 spiro atoms. The maximum Gasteiger partial charge on any atom is 0.179 e. The molecule has 0 bridgehead atoms. The minimum atomic E-state index is 0.579. The van der Waals surface area contributed by atoms with Gasteiger partial charge in [-0.05, 0) is 59.0 Å². The number of hydrogen-bond donors (Lipinski definition) is 0. The fourth-order valence-electron chi connectivity index (χ4n) is 8.79. The lowest BCUT2D eigenvalue weighted by Crippen LogP contribution is -1.97. The number of para-hydroxylation sites is 3. The third kappa shape index (κ3) is 6.40. The molecule has 0 atom stereocenters. The smallest absolute Gasteiger partial charge is 0.179 e. The summed E-state index contributed by atoms with van der Waals surface area (Å²) in [6.45, 7) is 0. The molecule has 0 saturated heterocycles. The molecule has 4 heterocycles. The normalized spacial score (nSPS) is 11.5. The van der Waals surface area contributed by atoms with Crippen LogP contribution in [0.5, 0.6) is 0 Å². The van der Waals surface area contributed by atoms with Gasteiger partial charge in [-0.3, -0.25) is 4.57 Å². The molecule has 0 aliphatic carbocycles. The van der Waals surface area contributed by atoms with E-state index in [0.717, 1.165) is 100 Å². The standard InChI is InChI=1S/C57H36N6/c1-4-15-37(16-5-1)38-27-31-40(32-28-38)53-46-22-11-13-24-49(46)60-56(61-53)50-26-14-25-47(58-50)39-29-33-41(34-30-39)54-52-45(44-21-10-12-23-48(44)59-54)35-36-51-55(52)62-57(42-17-6-2-7-18-42)63(51)43-19-8-3-9-20-43/h1-36H. The molecule has 0 fully saturated rings. The molecule has 0 aliphatic heterocycles. The Bertz CT molecular complexity index is 3640. The van der Waals surface area contributed by atoms with Crippen molar-refractivity contribution in [1.82, 2.24) is 29.5 Å². The molecule has 0 N–H and O–H groups in total. The molecule has 294 valence electrons. The van der Waals surface area contributed by atoms with Crippen LogP contribution in [0.4, 0.5) is 0 Å². The molecule has 4 aromatic heterocycles. The van der Waals surface area contributed by atoms with E-state index in [1.54, 1.807) is 0 Å². The molecular formula is C57H36N6. The van der Waals surface area contributed by atoms with Gasteiger partial charge in [0.25, 0.3) is 0 Å². The van der Waals surface area contributed by atoms with Crippen LogP contribution in [0.15, 0.2) is 218 Å². The Morgan fingerprint density at radius 1 is 0.302 bits per heavy atom. The summed E-state index contributed by atoms with van der Waals surface area (Å²) in [5, 5.41) is 4.22. The second kappa shape index (κ2) is 15.1. The van der Waals surface area contributed by atoms with Crippen LogP contribution in [0.25, 0.3) is 117 Å². The fourth-order valence-corrected chi connectivity index (χ4v) is 8.79. The van der Waals surface area contributed by atoms with E-state index in [1.807, 2.05) is 60.7 Å². The van der Waals surface area contributed by atoms with E-state index in [9.17, 15) is 0 Å². The molecule has 12 aromatic rings. The Kier molecular flexibility index (Phi) is 8.71. The van der Waals surface area contributed by atoms with Crippen LogP contribution in [0.1, 0.15) is 0 Å². The molecule has 6 heteroatoms. The van der Waals surface area contributed by atoms with Gasteiger partial charge >= 0.3 is 0 Å². The Labute approximate surface area is 363 Å². The van der Waals surface area contributed by atoms with Gasteiger partial charge in [-0.1, -0.05) is 176 Å². The predicted octanol–water partition coefficient (Wildman–Crippen LogP) is 14.1. The lowest BCUT2D eigenvalue weighted by atomic mass is 9.97. The van der Waals surface area contributed by atoms with Crippen molar-refractivity contribution in [2.45, 2.75) is 0 Å². The van der Waals surface area contributed by atoms with Crippen molar-refractivity contribution in [1.29, 1.82) is 0 Å². The van der Waals surface area contributed by atoms with Crippen LogP contribution in [-0.4, -0.2) is 29.5 Å². The van der Waals surface area contributed by atoms with Crippen molar-refractivity contribution >= 4 is 43.6 Å². The zero-order valence-electron chi connectivity index (χ0n) is 34.0. The van der Waals surface area contributed by atoms with E-state index in [1.165, 1.54) is 5.56 Å². The highest BCUT2D eigenvalue weighted by Crippen LogP contribution is 2.40. The number of benzene rings is 8. The van der Waals surface area contributed by atoms with Crippen LogP contribution >= 0.6 is 0 Å². The first kappa shape index (κ1) is 36.3. The zero-order valence-corrected chi connectivity index (χ0v) is 34.0. The van der Waals surface area contributed by atoms with Crippen molar-refractivity contribution < 1.29 is 0 Å². The topological polar surface area (TPSA) is 69.4 Å². The lowest BCUT2D eigenvalue weighted by Gasteiger charge is -2.13. The van der Waals surface area contributed by atoms with Crippen molar-refractivity contribution in [3.8, 4) is 73.5 Å². The molecule has 0 radical (unpaired) electrons. The lowest BCUT2D eigenvalue weighted by molar-refractivity contribution is 1.10. The van der Waals surface area contributed by atoms with Gasteiger partial charge in [0, 0.05) is 44.1 Å². The molecule has 63 heavy (non-hydrogen) atoms. The number of fused-ring (bicyclic) bond motifs is 6. The van der Waals surface area contributed by atoms with Crippen LogP contribution in [-0.2, 0) is 0 Å². The minimum Gasteiger partial charge on any atom is -0.292 e. The molecule has 12 rings (SSSR count). The average molecular weight is 805 g/mol. The second-order valence-corrected chi connectivity index (χ2v) is 15.6. The third-order valence-electron chi connectivity index (χ3n) is 11.8. The highest BCUT2D eigenvalue weighted by atomic mass is 15.1. The summed E-state index contributed by atoms with van der Waals surface area (Å²) in [6.07, 6.45) is 0. The maximum atomic E-state index is 5.45. The third-order valence-corrected chi connectivity index (χ3v) is 11.8. The van der Waals surface area contributed by atoms with Gasteiger partial charge in [-0.25, -0.2) is 24.9 Å². The summed E-state index contributed by atoms with van der Waals surface area (Å²) in [4.78, 5) is 26.2. The highest BCUT2D eigenvalue weighted by Gasteiger charge is 2.21. The first-order valence-electron chi connectivity index (χ1n) is 21.1. The number of hydrogen-bond acceptors (Lipinski definition) is 5. The van der Waals surface area contributed by atoms with Crippen molar-refractivity contribution in [3.63, 3.8) is 0 Å². The molecule has 0 amide bonds. The molecule has 0 aliphatic rings. The van der Waals surface area contributed by atoms with Crippen LogP contribution in [0, 0.1) is 0 Å². The first-order valence-corrected chi connectivity index (χ1v) is 21.1. The van der Waals surface area contributed by atoms with Crippen molar-refractivity contribution in [2.24, 2.45) is 0 Å². The molecule has 8 aromatic carbocycles. The quantitative estimate of drug-likeness (QED) is 0.150. The number of nitrogens with zero attached hydrogens (tertiary/aromatic N) is 6. The Morgan fingerprint density at radius 3 is 1.59 bits per heavy atom. The van der Waals surface area contributed by atoms with Gasteiger partial charge in [0.15, 0.2) is 5.82 Å². The second-order valence-electron chi connectivity index (χ2n) is 15.6. The average Bonchev–Trinajstić information content (AvgIpc) is 3.77. The van der Waals surface area contributed by atoms with Gasteiger partial charge in [0.2, 0.25) is 0 Å². The Morgan fingerprint density at radius 2 is 0.857 bits per heavy atom. The van der Waals surface area contributed by atoms with E-state index in [4.69, 9.17) is 24.9 Å². The summed E-state index contributed by atoms with van der Waals surface area (Å²) in [7, 11) is 0. The molecule has 0 unspecified atom stereocenters. The number of imidazole rings is 1. The van der Waals surface area contributed by atoms with E-state index < -0.39 is 0 Å². The van der Waals surface area contributed by atoms with Gasteiger partial charge in [-0.15, -0.1) is 0 Å². The van der Waals surface area contributed by atoms with Crippen molar-refractivity contribution in [3.05, 3.63) is 218 Å². The molecule has 0 saturated carbocycles. The zero-order chi connectivity index (χ0) is 41.7. The van der Waals surface area contributed by atoms with Gasteiger partial charge < -0.3 is 0 Å². The van der Waals surface area contributed by atoms with Crippen molar-refractivity contribution in [2.75, 3.05) is 0 Å². The van der Waals surface area contributed by atoms with E-state index in [0.29, 0.717) is 11.5 Å². The van der Waals surface area contributed by atoms with Gasteiger partial charge in [-0.2, -0.15) is 0 Å². The van der Waals surface area contributed by atoms with Crippen LogP contribution in [0.2, 0.25) is 0 Å². The van der Waals surface area contributed by atoms with Crippen LogP contribution in [0.3, 0.4) is 0 Å². The summed E-state index contributed by atoms with van der Waals surface area (Å²) >= 11 is 0. The Balaban J connectivity index is 0.960. The number of aromatic nitrogens is 6. The largest absolute Gasteiger partial charge is 0.292 e. The van der Waals surface area contributed by atoms with E-state index in [2.05, 4.69) is 162 Å². The number of pyridine rings is 2. The molecule has 6 nitrogen and oxygen atoms in total. The van der Waals surface area contributed by atoms with E-state index in [-0.39, 0.29) is 0 Å². The summed E-state index contributed by atoms with van der Waals surface area (Å²) in [6, 6.07) is 75.4. The van der Waals surface area contributed by atoms with Crippen LogP contribution < -0.4 is 0 Å². The predicted molar refractivity (Wildman–Crippen MR) is 257 cm³/mol. The Hall–Kier alpha value is -8.61. The summed E-state index contributed by atoms with van der Waals surface area (Å²) in [5.74, 6) is 1.46. The van der Waals surface area contributed by atoms with Gasteiger partial charge in [0.1, 0.15) is 11.5 Å². The first-order chi connectivity index (χ1) is 31.2. The van der Waals surface area contributed by atoms with E-state index >= 15 is 0 Å². The monoisotopic (exact) mass is 804 g/mol. The maximum absolute atomic E-state index is 5.45. The highest BCUT2D eigenvalue weighted by molar-refractivity contribution is 6.20.